The molecule has 0 aliphatic rings. The Morgan fingerprint density at radius 1 is 1.15 bits per heavy atom. The number of aromatic amines is 1. The molecule has 7 nitrogen and oxygen atoms in total. The summed E-state index contributed by atoms with van der Waals surface area (Å²) in [5.74, 6) is -0.571. The van der Waals surface area contributed by atoms with Crippen LogP contribution in [-0.2, 0) is 11.2 Å². The van der Waals surface area contributed by atoms with Gasteiger partial charge in [0.15, 0.2) is 12.4 Å². The van der Waals surface area contributed by atoms with Crippen LogP contribution in [0.3, 0.4) is 0 Å². The van der Waals surface area contributed by atoms with E-state index >= 15 is 0 Å². The molecule has 0 spiro atoms. The topological polar surface area (TPSA) is 100 Å². The summed E-state index contributed by atoms with van der Waals surface area (Å²) < 4.78 is 6.24. The SMILES string of the molecule is CCCc1c(C(=O)NNC(=O)COc2ccc(Br)cc2)[nH]c(C)c1C(C)=O. The molecule has 0 aliphatic carbocycles. The first-order valence-electron chi connectivity index (χ1n) is 8.53. The maximum Gasteiger partial charge on any atom is 0.286 e. The van der Waals surface area contributed by atoms with Crippen molar-refractivity contribution in [2.75, 3.05) is 6.61 Å². The van der Waals surface area contributed by atoms with E-state index in [-0.39, 0.29) is 18.1 Å². The molecule has 0 radical (unpaired) electrons. The number of aromatic nitrogens is 1. The molecule has 0 fully saturated rings. The number of Topliss-reactive ketones (excluding diaryl/α,β-unsaturated/α-hetero) is 1. The van der Waals surface area contributed by atoms with Gasteiger partial charge in [-0.15, -0.1) is 0 Å². The normalized spacial score (nSPS) is 10.4. The molecule has 0 bridgehead atoms. The molecule has 2 rings (SSSR count). The minimum atomic E-state index is -0.508. The number of benzene rings is 1. The molecule has 1 aromatic carbocycles. The van der Waals surface area contributed by atoms with Gasteiger partial charge in [-0.25, -0.2) is 0 Å². The molecule has 3 N–H and O–H groups in total. The molecule has 0 saturated carbocycles. The van der Waals surface area contributed by atoms with E-state index in [2.05, 4.69) is 31.8 Å². The molecule has 144 valence electrons. The highest BCUT2D eigenvalue weighted by Crippen LogP contribution is 2.21. The van der Waals surface area contributed by atoms with Crippen LogP contribution in [0.15, 0.2) is 28.7 Å². The summed E-state index contributed by atoms with van der Waals surface area (Å²) in [5.41, 5.74) is 6.79. The Morgan fingerprint density at radius 2 is 1.81 bits per heavy atom. The number of hydrogen-bond acceptors (Lipinski definition) is 4. The van der Waals surface area contributed by atoms with Gasteiger partial charge >= 0.3 is 0 Å². The Morgan fingerprint density at radius 3 is 2.41 bits per heavy atom. The van der Waals surface area contributed by atoms with Gasteiger partial charge in [0.2, 0.25) is 0 Å². The van der Waals surface area contributed by atoms with E-state index in [4.69, 9.17) is 4.74 Å². The van der Waals surface area contributed by atoms with Gasteiger partial charge < -0.3 is 9.72 Å². The van der Waals surface area contributed by atoms with Crippen LogP contribution in [0.5, 0.6) is 5.75 Å². The van der Waals surface area contributed by atoms with E-state index in [9.17, 15) is 14.4 Å². The molecule has 0 atom stereocenters. The minimum absolute atomic E-state index is 0.0989. The summed E-state index contributed by atoms with van der Waals surface area (Å²) in [5, 5.41) is 0. The maximum atomic E-state index is 12.4. The van der Waals surface area contributed by atoms with Crippen LogP contribution in [0.1, 0.15) is 52.4 Å². The predicted molar refractivity (Wildman–Crippen MR) is 105 cm³/mol. The predicted octanol–water partition coefficient (Wildman–Crippen LogP) is 3.08. The Balaban J connectivity index is 1.96. The summed E-state index contributed by atoms with van der Waals surface area (Å²) in [7, 11) is 0. The van der Waals surface area contributed by atoms with Crippen LogP contribution in [0, 0.1) is 6.92 Å². The molecule has 1 heterocycles. The number of H-pyrrole nitrogens is 1. The number of hydrogen-bond donors (Lipinski definition) is 3. The third-order valence-corrected chi connectivity index (χ3v) is 4.40. The Labute approximate surface area is 166 Å². The number of rotatable bonds is 7. The Hall–Kier alpha value is -2.61. The van der Waals surface area contributed by atoms with Crippen LogP contribution in [-0.4, -0.2) is 29.2 Å². The summed E-state index contributed by atoms with van der Waals surface area (Å²) >= 11 is 3.31. The van der Waals surface area contributed by atoms with Crippen LogP contribution in [0.25, 0.3) is 0 Å². The van der Waals surface area contributed by atoms with Crippen molar-refractivity contribution in [2.45, 2.75) is 33.6 Å². The first-order valence-corrected chi connectivity index (χ1v) is 9.32. The minimum Gasteiger partial charge on any atom is -0.484 e. The van der Waals surface area contributed by atoms with E-state index in [1.165, 1.54) is 6.92 Å². The van der Waals surface area contributed by atoms with Crippen molar-refractivity contribution in [1.29, 1.82) is 0 Å². The highest BCUT2D eigenvalue weighted by molar-refractivity contribution is 9.10. The molecule has 0 aliphatic heterocycles. The van der Waals surface area contributed by atoms with Gasteiger partial charge in [0.05, 0.1) is 0 Å². The fraction of sp³-hybridized carbons (Fsp3) is 0.316. The zero-order chi connectivity index (χ0) is 20.0. The molecular weight excluding hydrogens is 414 g/mol. The largest absolute Gasteiger partial charge is 0.484 e. The lowest BCUT2D eigenvalue weighted by atomic mass is 10.0. The monoisotopic (exact) mass is 435 g/mol. The van der Waals surface area contributed by atoms with E-state index in [1.54, 1.807) is 31.2 Å². The third-order valence-electron chi connectivity index (χ3n) is 3.87. The lowest BCUT2D eigenvalue weighted by Gasteiger charge is -2.09. The lowest BCUT2D eigenvalue weighted by Crippen LogP contribution is -2.44. The average molecular weight is 436 g/mol. The summed E-state index contributed by atoms with van der Waals surface area (Å²) in [6.45, 7) is 4.94. The number of ketones is 1. The smallest absolute Gasteiger partial charge is 0.286 e. The number of hydrazine groups is 1. The second-order valence-corrected chi connectivity index (χ2v) is 6.95. The second-order valence-electron chi connectivity index (χ2n) is 6.03. The van der Waals surface area contributed by atoms with Gasteiger partial charge in [0.25, 0.3) is 11.8 Å². The third kappa shape index (κ3) is 5.43. The van der Waals surface area contributed by atoms with Crippen molar-refractivity contribution in [3.63, 3.8) is 0 Å². The fourth-order valence-electron chi connectivity index (χ4n) is 2.75. The summed E-state index contributed by atoms with van der Waals surface area (Å²) in [6, 6.07) is 7.03. The molecule has 2 aromatic rings. The van der Waals surface area contributed by atoms with Crippen LogP contribution < -0.4 is 15.6 Å². The standard InChI is InChI=1S/C19H22BrN3O4/c1-4-5-15-17(12(3)24)11(2)21-18(15)19(26)23-22-16(25)10-27-14-8-6-13(20)7-9-14/h6-9,21H,4-5,10H2,1-3H3,(H,22,25)(H,23,26). The molecule has 0 unspecified atom stereocenters. The number of carbonyl (C=O) groups excluding carboxylic acids is 3. The molecular formula is C19H22BrN3O4. The van der Waals surface area contributed by atoms with Crippen LogP contribution >= 0.6 is 15.9 Å². The van der Waals surface area contributed by atoms with E-state index in [1.807, 2.05) is 6.92 Å². The van der Waals surface area contributed by atoms with Crippen molar-refractivity contribution in [3.05, 3.63) is 51.3 Å². The second kappa shape index (κ2) is 9.36. The molecule has 1 aromatic heterocycles. The average Bonchev–Trinajstić information content (AvgIpc) is 2.96. The van der Waals surface area contributed by atoms with Crippen LogP contribution in [0.2, 0.25) is 0 Å². The lowest BCUT2D eigenvalue weighted by molar-refractivity contribution is -0.123. The number of amides is 2. The zero-order valence-corrected chi connectivity index (χ0v) is 17.0. The van der Waals surface area contributed by atoms with E-state index < -0.39 is 11.8 Å². The number of halogens is 1. The number of ether oxygens (including phenoxy) is 1. The van der Waals surface area contributed by atoms with Gasteiger partial charge in [0, 0.05) is 15.7 Å². The quantitative estimate of drug-likeness (QED) is 0.459. The van der Waals surface area contributed by atoms with Gasteiger partial charge in [-0.05, 0) is 50.1 Å². The van der Waals surface area contributed by atoms with E-state index in [0.717, 1.165) is 10.9 Å². The summed E-state index contributed by atoms with van der Waals surface area (Å²) in [6.07, 6.45) is 1.37. The van der Waals surface area contributed by atoms with Crippen molar-refractivity contribution in [1.82, 2.24) is 15.8 Å². The van der Waals surface area contributed by atoms with Crippen molar-refractivity contribution in [3.8, 4) is 5.75 Å². The highest BCUT2D eigenvalue weighted by atomic mass is 79.9. The Kier molecular flexibility index (Phi) is 7.18. The number of carbonyl (C=O) groups is 3. The van der Waals surface area contributed by atoms with Crippen molar-refractivity contribution in [2.24, 2.45) is 0 Å². The van der Waals surface area contributed by atoms with Gasteiger partial charge in [-0.1, -0.05) is 29.3 Å². The van der Waals surface area contributed by atoms with Crippen LogP contribution in [0.4, 0.5) is 0 Å². The maximum absolute atomic E-state index is 12.4. The number of aryl methyl sites for hydroxylation is 1. The zero-order valence-electron chi connectivity index (χ0n) is 15.4. The van der Waals surface area contributed by atoms with Crippen molar-refractivity contribution < 1.29 is 19.1 Å². The van der Waals surface area contributed by atoms with Gasteiger partial charge in [0.1, 0.15) is 11.4 Å². The first-order chi connectivity index (χ1) is 12.8. The molecule has 27 heavy (non-hydrogen) atoms. The van der Waals surface area contributed by atoms with Gasteiger partial charge in [-0.3, -0.25) is 25.2 Å². The first kappa shape index (κ1) is 20.7. The van der Waals surface area contributed by atoms with Gasteiger partial charge in [-0.2, -0.15) is 0 Å². The number of nitrogens with one attached hydrogen (secondary N) is 3. The van der Waals surface area contributed by atoms with E-state index in [0.29, 0.717) is 29.0 Å². The molecule has 2 amide bonds. The Bertz CT molecular complexity index is 843. The van der Waals surface area contributed by atoms with Crippen molar-refractivity contribution >= 4 is 33.5 Å². The molecule has 8 heteroatoms. The summed E-state index contributed by atoms with van der Waals surface area (Å²) in [4.78, 5) is 39.1. The fourth-order valence-corrected chi connectivity index (χ4v) is 3.02. The molecule has 0 saturated heterocycles. The highest BCUT2D eigenvalue weighted by Gasteiger charge is 2.22.